The van der Waals surface area contributed by atoms with Gasteiger partial charge in [-0.25, -0.2) is 0 Å². The summed E-state index contributed by atoms with van der Waals surface area (Å²) in [5.41, 5.74) is 4.48. The highest BCUT2D eigenvalue weighted by molar-refractivity contribution is 8.03. The van der Waals surface area contributed by atoms with E-state index in [0.29, 0.717) is 0 Å². The third-order valence-electron chi connectivity index (χ3n) is 4.07. The third kappa shape index (κ3) is 3.35. The van der Waals surface area contributed by atoms with E-state index in [1.807, 2.05) is 0 Å². The Bertz CT molecular complexity index is 766. The first-order valence-corrected chi connectivity index (χ1v) is 8.64. The van der Waals surface area contributed by atoms with E-state index >= 15 is 0 Å². The molecule has 0 bridgehead atoms. The third-order valence-corrected chi connectivity index (χ3v) is 5.25. The number of hydrogen-bond acceptors (Lipinski definition) is 3. The van der Waals surface area contributed by atoms with Crippen LogP contribution >= 0.6 is 11.8 Å². The fourth-order valence-electron chi connectivity index (χ4n) is 2.72. The Hall–Kier alpha value is -2.00. The minimum Gasteiger partial charge on any atom is -0.500 e. The monoisotopic (exact) mass is 323 g/mol. The smallest absolute Gasteiger partial charge is 0.105 e. The minimum atomic E-state index is 0.798. The van der Waals surface area contributed by atoms with Crippen LogP contribution in [0.25, 0.3) is 0 Å². The molecule has 1 heterocycles. The number of fused-ring (bicyclic) bond motifs is 1. The average molecular weight is 323 g/mol. The van der Waals surface area contributed by atoms with Crippen LogP contribution in [0, 0.1) is 0 Å². The van der Waals surface area contributed by atoms with Crippen molar-refractivity contribution in [2.75, 3.05) is 7.11 Å². The lowest BCUT2D eigenvalue weighted by Gasteiger charge is -2.17. The van der Waals surface area contributed by atoms with Gasteiger partial charge in [-0.15, -0.1) is 0 Å². The van der Waals surface area contributed by atoms with Gasteiger partial charge < -0.3 is 4.74 Å². The number of nitrogens with zero attached hydrogens (tertiary/aromatic N) is 1. The second kappa shape index (κ2) is 7.05. The molecule has 1 aromatic carbocycles. The van der Waals surface area contributed by atoms with E-state index in [4.69, 9.17) is 9.73 Å². The average Bonchev–Trinajstić information content (AvgIpc) is 2.65. The van der Waals surface area contributed by atoms with Gasteiger partial charge in [0, 0.05) is 33.1 Å². The summed E-state index contributed by atoms with van der Waals surface area (Å²) in [6.07, 6.45) is 10.1. The summed E-state index contributed by atoms with van der Waals surface area (Å²) < 4.78 is 5.70. The molecule has 1 aliphatic carbocycles. The standard InChI is InChI=1S/C20H21NOS/c1-14-15(2)23-19-13-9-8-11-17(19)20(21-14)16-10-6-4-5-7-12-18(16)22-3/h4-9,11,13H,10,12H2,1-3H3/b6-4?,7-5-,18-16-. The van der Waals surface area contributed by atoms with Crippen molar-refractivity contribution in [3.8, 4) is 0 Å². The van der Waals surface area contributed by atoms with Gasteiger partial charge in [0.25, 0.3) is 0 Å². The Kier molecular flexibility index (Phi) is 4.87. The van der Waals surface area contributed by atoms with E-state index in [1.54, 1.807) is 18.9 Å². The summed E-state index contributed by atoms with van der Waals surface area (Å²) in [7, 11) is 1.75. The Morgan fingerprint density at radius 2 is 1.78 bits per heavy atom. The van der Waals surface area contributed by atoms with E-state index in [1.165, 1.54) is 20.9 Å². The number of benzene rings is 1. The van der Waals surface area contributed by atoms with Crippen LogP contribution in [0.2, 0.25) is 0 Å². The highest BCUT2D eigenvalue weighted by Gasteiger charge is 2.21. The van der Waals surface area contributed by atoms with Crippen LogP contribution < -0.4 is 0 Å². The Morgan fingerprint density at radius 1 is 1.04 bits per heavy atom. The van der Waals surface area contributed by atoms with Crippen molar-refractivity contribution in [2.24, 2.45) is 4.99 Å². The topological polar surface area (TPSA) is 21.6 Å². The number of methoxy groups -OCH3 is 1. The molecule has 2 nitrogen and oxygen atoms in total. The molecule has 0 saturated heterocycles. The van der Waals surface area contributed by atoms with E-state index < -0.39 is 0 Å². The summed E-state index contributed by atoms with van der Waals surface area (Å²) in [6, 6.07) is 8.50. The first-order chi connectivity index (χ1) is 11.2. The summed E-state index contributed by atoms with van der Waals surface area (Å²) in [5, 5.41) is 0. The predicted molar refractivity (Wildman–Crippen MR) is 98.8 cm³/mol. The molecule has 1 aromatic rings. The zero-order valence-electron chi connectivity index (χ0n) is 13.8. The molecular weight excluding hydrogens is 302 g/mol. The maximum atomic E-state index is 5.70. The molecule has 0 aromatic heterocycles. The molecule has 0 amide bonds. The van der Waals surface area contributed by atoms with Crippen molar-refractivity contribution in [3.63, 3.8) is 0 Å². The highest BCUT2D eigenvalue weighted by Crippen LogP contribution is 2.37. The molecule has 0 N–H and O–H groups in total. The van der Waals surface area contributed by atoms with Crippen LogP contribution in [0.1, 0.15) is 32.3 Å². The second-order valence-electron chi connectivity index (χ2n) is 5.57. The number of ether oxygens (including phenoxy) is 1. The van der Waals surface area contributed by atoms with Crippen molar-refractivity contribution < 1.29 is 4.74 Å². The number of thioether (sulfide) groups is 1. The first-order valence-electron chi connectivity index (χ1n) is 7.82. The first kappa shape index (κ1) is 15.9. The van der Waals surface area contributed by atoms with Crippen molar-refractivity contribution >= 4 is 17.5 Å². The Morgan fingerprint density at radius 3 is 2.57 bits per heavy atom. The lowest BCUT2D eigenvalue weighted by molar-refractivity contribution is 0.281. The lowest BCUT2D eigenvalue weighted by atomic mass is 9.96. The SMILES string of the molecule is CO/C1=C(\C2=NC(C)=C(C)Sc3ccccc32)CC=C/C=C\C1. The number of hydrogen-bond donors (Lipinski definition) is 0. The maximum absolute atomic E-state index is 5.70. The van der Waals surface area contributed by atoms with Gasteiger partial charge in [0.05, 0.1) is 12.8 Å². The van der Waals surface area contributed by atoms with Gasteiger partial charge >= 0.3 is 0 Å². The summed E-state index contributed by atoms with van der Waals surface area (Å²) in [6.45, 7) is 4.22. The van der Waals surface area contributed by atoms with Crippen LogP contribution in [0.5, 0.6) is 0 Å². The Balaban J connectivity index is 2.21. The van der Waals surface area contributed by atoms with E-state index in [2.05, 4.69) is 62.4 Å². The molecule has 0 saturated carbocycles. The molecule has 3 heteroatoms. The van der Waals surface area contributed by atoms with E-state index in [-0.39, 0.29) is 0 Å². The number of rotatable bonds is 2. The molecule has 23 heavy (non-hydrogen) atoms. The Labute approximate surface area is 142 Å². The van der Waals surface area contributed by atoms with Gasteiger partial charge in [-0.05, 0) is 26.3 Å². The number of allylic oxidation sites excluding steroid dienone is 7. The van der Waals surface area contributed by atoms with Crippen LogP contribution in [0.15, 0.2) is 80.4 Å². The molecule has 3 rings (SSSR count). The molecular formula is C20H21NOS. The van der Waals surface area contributed by atoms with E-state index in [9.17, 15) is 0 Å². The largest absolute Gasteiger partial charge is 0.500 e. The van der Waals surface area contributed by atoms with Crippen molar-refractivity contribution in [1.82, 2.24) is 0 Å². The quantitative estimate of drug-likeness (QED) is 0.702. The van der Waals surface area contributed by atoms with Crippen molar-refractivity contribution in [2.45, 2.75) is 31.6 Å². The molecule has 0 atom stereocenters. The maximum Gasteiger partial charge on any atom is 0.105 e. The zero-order valence-corrected chi connectivity index (χ0v) is 14.6. The van der Waals surface area contributed by atoms with Gasteiger partial charge in [0.15, 0.2) is 0 Å². The van der Waals surface area contributed by atoms with Gasteiger partial charge in [0.2, 0.25) is 0 Å². The van der Waals surface area contributed by atoms with Crippen LogP contribution in [-0.2, 0) is 4.74 Å². The molecule has 0 fully saturated rings. The molecule has 0 unspecified atom stereocenters. The fraction of sp³-hybridized carbons (Fsp3) is 0.250. The lowest BCUT2D eigenvalue weighted by Crippen LogP contribution is -2.10. The number of aliphatic imine (C=N–C) groups is 1. The molecule has 0 spiro atoms. The molecule has 0 radical (unpaired) electrons. The van der Waals surface area contributed by atoms with Gasteiger partial charge in [-0.1, -0.05) is 54.3 Å². The zero-order chi connectivity index (χ0) is 16.2. The normalized spacial score (nSPS) is 22.7. The second-order valence-corrected chi connectivity index (χ2v) is 6.83. The van der Waals surface area contributed by atoms with Crippen LogP contribution in [-0.4, -0.2) is 12.8 Å². The van der Waals surface area contributed by atoms with Gasteiger partial charge in [0.1, 0.15) is 5.76 Å². The minimum absolute atomic E-state index is 0.798. The van der Waals surface area contributed by atoms with Gasteiger partial charge in [-0.2, -0.15) is 0 Å². The summed E-state index contributed by atoms with van der Waals surface area (Å²) in [4.78, 5) is 7.47. The highest BCUT2D eigenvalue weighted by atomic mass is 32.2. The van der Waals surface area contributed by atoms with Crippen LogP contribution in [0.4, 0.5) is 0 Å². The fourth-order valence-corrected chi connectivity index (χ4v) is 3.66. The van der Waals surface area contributed by atoms with Crippen molar-refractivity contribution in [3.05, 3.63) is 76.1 Å². The molecule has 2 aliphatic rings. The summed E-state index contributed by atoms with van der Waals surface area (Å²) in [5.74, 6) is 0.997. The van der Waals surface area contributed by atoms with Gasteiger partial charge in [-0.3, -0.25) is 4.99 Å². The predicted octanol–water partition coefficient (Wildman–Crippen LogP) is 5.64. The summed E-state index contributed by atoms with van der Waals surface area (Å²) >= 11 is 1.80. The molecule has 1 aliphatic heterocycles. The van der Waals surface area contributed by atoms with Crippen molar-refractivity contribution in [1.29, 1.82) is 0 Å². The molecule has 118 valence electrons. The van der Waals surface area contributed by atoms with E-state index in [0.717, 1.165) is 30.0 Å². The van der Waals surface area contributed by atoms with Crippen LogP contribution in [0.3, 0.4) is 0 Å².